The second-order valence-corrected chi connectivity index (χ2v) is 28.1. The number of rotatable bonds is 25. The maximum atomic E-state index is 15.3. The number of amides is 13. The third kappa shape index (κ3) is 26.2. The van der Waals surface area contributed by atoms with Crippen LogP contribution in [-0.2, 0) is 104 Å². The average Bonchev–Trinajstić information content (AvgIpc) is 1.53. The molecule has 3 aliphatic heterocycles. The minimum Gasteiger partial charge on any atom is -0.508 e. The molecule has 20 N–H and O–H groups in total. The molecule has 39 heteroatoms. The summed E-state index contributed by atoms with van der Waals surface area (Å²) in [7, 11) is 0. The van der Waals surface area contributed by atoms with Crippen LogP contribution in [0.1, 0.15) is 101 Å². The SMILES string of the molecule is CC(C)C[C@@H]1NC(=O)[C@H](CCCN)NC(=O)[C@H](C(C)C)NC(=O)[C@H](Cc2ccc(O)cc2)NC(=O)[C@H](CCC(N)=O)NC(=O)[C@H](CC(N)=O)NC(=O)[C@@H](Cc2cn(CCO[C@@H]3O[C@H](CO)[C@H](O)[C@H](O)[C@H]3NC(=O)C(F)(F)F)nn2)NC(=O)[C@H](Cc2ccccc2)NC(=O)[C@@H]2CCCN2C(=O)[C@@H](Cc2ccccc2)NC1=O. The van der Waals surface area contributed by atoms with Crippen LogP contribution in [0, 0.1) is 11.8 Å². The van der Waals surface area contributed by atoms with Crippen molar-refractivity contribution in [2.45, 2.75) is 209 Å². The fraction of sp³-hybridized carbons (Fsp3) is 0.542. The summed E-state index contributed by atoms with van der Waals surface area (Å²) in [5, 5.41) is 74.4. The van der Waals surface area contributed by atoms with Crippen LogP contribution in [0.2, 0.25) is 0 Å². The highest BCUT2D eigenvalue weighted by Crippen LogP contribution is 2.26. The molecule has 3 saturated heterocycles. The second kappa shape index (κ2) is 41.3. The number of phenols is 1. The van der Waals surface area contributed by atoms with Gasteiger partial charge in [-0.1, -0.05) is 106 Å². The van der Waals surface area contributed by atoms with Gasteiger partial charge in [0.25, 0.3) is 0 Å². The van der Waals surface area contributed by atoms with Gasteiger partial charge in [0.2, 0.25) is 70.9 Å². The lowest BCUT2D eigenvalue weighted by Crippen LogP contribution is -2.65. The van der Waals surface area contributed by atoms with E-state index in [1.807, 2.05) is 0 Å². The zero-order valence-corrected chi connectivity index (χ0v) is 61.6. The third-order valence-electron chi connectivity index (χ3n) is 18.6. The Kier molecular flexibility index (Phi) is 32.6. The number of halogens is 3. The van der Waals surface area contributed by atoms with Crippen molar-refractivity contribution >= 4 is 76.8 Å². The number of carbonyl (C=O) groups is 13. The molecule has 3 aliphatic rings. The van der Waals surface area contributed by atoms with Crippen molar-refractivity contribution in [1.82, 2.24) is 73.1 Å². The Balaban J connectivity index is 1.31. The van der Waals surface area contributed by atoms with Crippen molar-refractivity contribution in [2.75, 3.05) is 26.3 Å². The second-order valence-electron chi connectivity index (χ2n) is 28.1. The van der Waals surface area contributed by atoms with Gasteiger partial charge < -0.3 is 105 Å². The lowest BCUT2D eigenvalue weighted by Gasteiger charge is -2.42. The number of alkyl halides is 3. The molecule has 1 aromatic heterocycles. The molecular formula is C72H98F3N17O19. The average molecular weight is 1560 g/mol. The lowest BCUT2D eigenvalue weighted by atomic mass is 9.97. The van der Waals surface area contributed by atoms with Gasteiger partial charge in [0.15, 0.2) is 6.29 Å². The van der Waals surface area contributed by atoms with Crippen LogP contribution < -0.4 is 70.4 Å². The van der Waals surface area contributed by atoms with Gasteiger partial charge in [-0.05, 0) is 85.7 Å². The van der Waals surface area contributed by atoms with Gasteiger partial charge in [-0.25, -0.2) is 4.68 Å². The molecule has 3 fully saturated rings. The van der Waals surface area contributed by atoms with E-state index in [4.69, 9.17) is 26.7 Å². The summed E-state index contributed by atoms with van der Waals surface area (Å²) in [4.78, 5) is 188. The van der Waals surface area contributed by atoms with Crippen molar-refractivity contribution in [2.24, 2.45) is 29.0 Å². The summed E-state index contributed by atoms with van der Waals surface area (Å²) in [6, 6.07) is 3.92. The number of nitrogens with zero attached hydrogens (tertiary/aromatic N) is 4. The van der Waals surface area contributed by atoms with Gasteiger partial charge >= 0.3 is 12.1 Å². The molecular weight excluding hydrogens is 1460 g/mol. The van der Waals surface area contributed by atoms with Crippen LogP contribution in [0.5, 0.6) is 5.75 Å². The molecule has 3 aromatic carbocycles. The molecule has 0 saturated carbocycles. The summed E-state index contributed by atoms with van der Waals surface area (Å²) in [6.07, 6.45) is -15.3. The van der Waals surface area contributed by atoms with E-state index in [1.165, 1.54) is 40.7 Å². The summed E-state index contributed by atoms with van der Waals surface area (Å²) in [5.41, 5.74) is 18.4. The van der Waals surface area contributed by atoms with Crippen molar-refractivity contribution in [3.05, 3.63) is 114 Å². The van der Waals surface area contributed by atoms with Crippen LogP contribution in [0.25, 0.3) is 0 Å². The number of nitrogens with two attached hydrogens (primary N) is 3. The van der Waals surface area contributed by atoms with E-state index in [0.29, 0.717) is 16.7 Å². The van der Waals surface area contributed by atoms with Crippen molar-refractivity contribution in [3.8, 4) is 5.75 Å². The van der Waals surface area contributed by atoms with E-state index >= 15 is 19.2 Å². The quantitative estimate of drug-likeness (QED) is 0.0299. The monoisotopic (exact) mass is 1560 g/mol. The Hall–Kier alpha value is -10.7. The van der Waals surface area contributed by atoms with Crippen LogP contribution in [0.3, 0.4) is 0 Å². The number of phenolic OH excluding ortho intramolecular Hbond substituents is 1. The molecule has 0 unspecified atom stereocenters. The number of primary amides is 2. The number of carbonyl (C=O) groups excluding carboxylic acids is 13. The Morgan fingerprint density at radius 2 is 1.12 bits per heavy atom. The molecule has 0 spiro atoms. The van der Waals surface area contributed by atoms with E-state index in [0.717, 1.165) is 4.68 Å². The van der Waals surface area contributed by atoms with E-state index in [2.05, 4.69) is 58.2 Å². The number of nitrogens with one attached hydrogen (secondary N) is 10. The number of hydrogen-bond acceptors (Lipinski definition) is 22. The number of benzene rings is 3. The fourth-order valence-electron chi connectivity index (χ4n) is 12.7. The molecule has 4 aromatic rings. The van der Waals surface area contributed by atoms with Crippen LogP contribution in [-0.4, -0.2) is 241 Å². The molecule has 0 radical (unpaired) electrons. The fourth-order valence-corrected chi connectivity index (χ4v) is 12.7. The first-order valence-electron chi connectivity index (χ1n) is 36.3. The largest absolute Gasteiger partial charge is 0.508 e. The van der Waals surface area contributed by atoms with Gasteiger partial charge in [-0.3, -0.25) is 62.3 Å². The molecule has 4 heterocycles. The zero-order valence-electron chi connectivity index (χ0n) is 61.6. The predicted octanol–water partition coefficient (Wildman–Crippen LogP) is -4.29. The van der Waals surface area contributed by atoms with Gasteiger partial charge in [0.05, 0.1) is 31.9 Å². The summed E-state index contributed by atoms with van der Waals surface area (Å²) in [5.74, 6) is -16.0. The highest BCUT2D eigenvalue weighted by molar-refractivity contribution is 6.01. The number of aliphatic hydroxyl groups excluding tert-OH is 3. The Labute approximate surface area is 636 Å². The first-order valence-corrected chi connectivity index (χ1v) is 36.3. The maximum absolute atomic E-state index is 15.3. The first kappa shape index (κ1) is 87.5. The summed E-state index contributed by atoms with van der Waals surface area (Å²) < 4.78 is 52.3. The summed E-state index contributed by atoms with van der Waals surface area (Å²) in [6.45, 7) is 4.81. The molecule has 0 aliphatic carbocycles. The van der Waals surface area contributed by atoms with Crippen LogP contribution in [0.4, 0.5) is 13.2 Å². The number of fused-ring (bicyclic) bond motifs is 1. The standard InChI is InChI=1S/C72H98F3N17O19/c1-37(2)29-46-62(101)86-51(32-40-15-9-6-10-16-40)69(108)92-26-12-18-52(92)67(106)85-47(30-39-13-7-5-8-14-39)63(102)83-49(33-42-35-91(90-89-42)27-28-110-70-57(88-71(109)72(73,74)75)59(98)58(97)53(36-93)111-70)64(103)84-50(34-55(78)96)65(104)79-45(23-24-54(77)95)61(100)82-48(31-41-19-21-43(94)22-20-41)66(105)87-56(38(3)4)68(107)80-44(17-11-25-76)60(99)81-46/h5-10,13-16,19-22,35,37-38,44-53,56-59,70,93-94,97-98H,11-12,17-18,23-34,36,76H2,1-4H3,(H2,77,95)(H2,78,96)(H,79,104)(H,80,107)(H,81,99)(H,82,100)(H,83,102)(H,84,103)(H,85,106)(H,86,101)(H,87,105)(H,88,109)/t44-,45-,46-,47-,48-,49+,50-,51+,52-,53+,56-,57+,58-,59+,70+/m0/s1. The number of hydrogen-bond donors (Lipinski definition) is 17. The highest BCUT2D eigenvalue weighted by atomic mass is 19.4. The Bertz CT molecular complexity index is 3880. The number of aromatic nitrogens is 3. The lowest BCUT2D eigenvalue weighted by molar-refractivity contribution is -0.272. The van der Waals surface area contributed by atoms with Gasteiger partial charge in [0, 0.05) is 44.8 Å². The van der Waals surface area contributed by atoms with Crippen molar-refractivity contribution in [1.29, 1.82) is 0 Å². The van der Waals surface area contributed by atoms with Crippen molar-refractivity contribution < 1.29 is 105 Å². The highest BCUT2D eigenvalue weighted by Gasteiger charge is 2.50. The smallest absolute Gasteiger partial charge is 0.471 e. The molecule has 36 nitrogen and oxygen atoms in total. The summed E-state index contributed by atoms with van der Waals surface area (Å²) >= 11 is 0. The normalized spacial score (nSPS) is 26.2. The van der Waals surface area contributed by atoms with Crippen LogP contribution >= 0.6 is 0 Å². The molecule has 606 valence electrons. The molecule has 0 bridgehead atoms. The predicted molar refractivity (Wildman–Crippen MR) is 384 cm³/mol. The Morgan fingerprint density at radius 3 is 1.68 bits per heavy atom. The number of ether oxygens (including phenoxy) is 2. The van der Waals surface area contributed by atoms with Crippen molar-refractivity contribution in [3.63, 3.8) is 0 Å². The van der Waals surface area contributed by atoms with Gasteiger partial charge in [0.1, 0.15) is 90.5 Å². The molecule has 15 atom stereocenters. The van der Waals surface area contributed by atoms with E-state index in [9.17, 15) is 76.7 Å². The third-order valence-corrected chi connectivity index (χ3v) is 18.6. The Morgan fingerprint density at radius 1 is 0.622 bits per heavy atom. The maximum Gasteiger partial charge on any atom is 0.471 e. The first-order chi connectivity index (χ1) is 52.6. The van der Waals surface area contributed by atoms with Gasteiger partial charge in [-0.2, -0.15) is 13.2 Å². The topological polar surface area (TPSA) is 554 Å². The van der Waals surface area contributed by atoms with Crippen LogP contribution in [0.15, 0.2) is 91.1 Å². The van der Waals surface area contributed by atoms with E-state index < -0.39 is 219 Å². The van der Waals surface area contributed by atoms with Gasteiger partial charge in [-0.15, -0.1) is 5.10 Å². The number of aromatic hydroxyl groups is 1. The number of aliphatic hydroxyl groups is 3. The zero-order chi connectivity index (χ0) is 81.4. The molecule has 13 amide bonds. The minimum absolute atomic E-state index is 0.00482. The molecule has 7 rings (SSSR count). The molecule has 111 heavy (non-hydrogen) atoms. The minimum atomic E-state index is -5.46. The van der Waals surface area contributed by atoms with E-state index in [1.54, 1.807) is 88.4 Å². The van der Waals surface area contributed by atoms with E-state index in [-0.39, 0.29) is 88.4 Å².